The van der Waals surface area contributed by atoms with Crippen molar-refractivity contribution in [1.82, 2.24) is 10.3 Å². The molecular weight excluding hydrogens is 1260 g/mol. The van der Waals surface area contributed by atoms with Crippen LogP contribution < -0.4 is 49.3 Å². The van der Waals surface area contributed by atoms with Gasteiger partial charge in [0, 0.05) is 68.3 Å². The average molecular weight is 1350 g/mol. The number of benzene rings is 1. The van der Waals surface area contributed by atoms with Gasteiger partial charge in [0.25, 0.3) is 0 Å². The number of rotatable bonds is 26. The van der Waals surface area contributed by atoms with Gasteiger partial charge in [0.15, 0.2) is 6.23 Å². The van der Waals surface area contributed by atoms with Crippen LogP contribution in [0, 0.1) is 59.2 Å². The van der Waals surface area contributed by atoms with Crippen LogP contribution in [0.15, 0.2) is 52.8 Å². The minimum atomic E-state index is -5.06. The number of primary amides is 6. The molecule has 8 rings (SSSR count). The first-order valence-corrected chi connectivity index (χ1v) is 32.4. The number of carbonyl (C=O) groups excluding carboxylic acids is 7. The van der Waals surface area contributed by atoms with E-state index in [-0.39, 0.29) is 99.4 Å². The minimum Gasteiger partial charge on any atom is -0.685 e. The van der Waals surface area contributed by atoms with E-state index in [9.17, 15) is 53.2 Å². The maximum absolute atomic E-state index is 14.4. The molecule has 515 valence electrons. The van der Waals surface area contributed by atoms with Gasteiger partial charge < -0.3 is 90.9 Å². The van der Waals surface area contributed by atoms with Gasteiger partial charge >= 0.3 is 7.82 Å². The number of aliphatic hydroxyl groups is 2. The molecule has 1 radical (unpaired) electrons. The number of aryl methyl sites for hydroxylation is 2. The van der Waals surface area contributed by atoms with Crippen molar-refractivity contribution >= 4 is 60.2 Å². The number of aromatic nitrogens is 2. The van der Waals surface area contributed by atoms with Crippen LogP contribution in [0.3, 0.4) is 0 Å². The van der Waals surface area contributed by atoms with E-state index in [0.29, 0.717) is 39.3 Å². The van der Waals surface area contributed by atoms with Crippen molar-refractivity contribution in [2.45, 2.75) is 207 Å². The minimum absolute atomic E-state index is 0. The van der Waals surface area contributed by atoms with Gasteiger partial charge in [-0.3, -0.25) is 42.6 Å². The number of hydrogen-bond acceptors (Lipinski definition) is 13. The topological polar surface area (TPSA) is 499 Å². The zero-order valence-electron chi connectivity index (χ0n) is 54.3. The SMILES string of the molecule is C/C1=C2/[N-][C@H]([C@H](CC(N)=O)[C@@]2(C)CCC(=O)NC[C@@H](C)OP(=O)(O)O[C@H]2[C@@H](O)[C@@H]([n+]3c[n-]c4cc(C)c(C)cc43)O[C@@H]2CO)[C@]2(C)[N-]C(/C(C)=C3\[N-]/C(=C\[C@@H]4[N-]C1[C@@H](CCC(N)=O)C4(C)C)[C@@H](CCC(N)=O)[C@]3(C)CC(N)=O)[C@@H](CCC(N)=O)[C@]2(C)CC(N)=O.O.[Co]. The smallest absolute Gasteiger partial charge is 0.472 e. The molecule has 6 aliphatic rings. The van der Waals surface area contributed by atoms with Crippen molar-refractivity contribution in [2.24, 2.45) is 79.7 Å². The van der Waals surface area contributed by atoms with Crippen molar-refractivity contribution in [3.63, 3.8) is 0 Å². The molecule has 5 saturated heterocycles. The summed E-state index contributed by atoms with van der Waals surface area (Å²) in [6, 6.07) is 0.530. The number of carbonyl (C=O) groups is 7. The van der Waals surface area contributed by atoms with Crippen LogP contribution in [0.25, 0.3) is 32.3 Å². The predicted molar refractivity (Wildman–Crippen MR) is 334 cm³/mol. The molecule has 0 spiro atoms. The van der Waals surface area contributed by atoms with Crippen LogP contribution in [0.4, 0.5) is 0 Å². The monoisotopic (exact) mass is 1350 g/mol. The Kier molecular flexibility index (Phi) is 23.1. The first-order valence-electron chi connectivity index (χ1n) is 30.9. The molecule has 5 fully saturated rings. The summed E-state index contributed by atoms with van der Waals surface area (Å²) in [4.78, 5) is 109. The van der Waals surface area contributed by atoms with Crippen molar-refractivity contribution < 1.29 is 93.8 Å². The molecule has 7 amide bonds. The maximum Gasteiger partial charge on any atom is 0.472 e. The third kappa shape index (κ3) is 14.4. The Morgan fingerprint density at radius 3 is 1.95 bits per heavy atom. The number of phosphoric ester groups is 1. The molecule has 28 nitrogen and oxygen atoms in total. The molecule has 8 bridgehead atoms. The van der Waals surface area contributed by atoms with Crippen LogP contribution >= 0.6 is 7.82 Å². The summed E-state index contributed by atoms with van der Waals surface area (Å²) in [5.41, 5.74) is 36.2. The van der Waals surface area contributed by atoms with E-state index in [1.54, 1.807) is 4.57 Å². The van der Waals surface area contributed by atoms with Crippen LogP contribution in [0.2, 0.25) is 0 Å². The van der Waals surface area contributed by atoms with E-state index in [1.807, 2.05) is 87.4 Å². The molecule has 1 aromatic carbocycles. The normalized spacial score (nSPS) is 36.0. The Morgan fingerprint density at radius 2 is 1.36 bits per heavy atom. The van der Waals surface area contributed by atoms with Crippen LogP contribution in [0.5, 0.6) is 0 Å². The summed E-state index contributed by atoms with van der Waals surface area (Å²) in [6.07, 6.45) is -3.98. The van der Waals surface area contributed by atoms with Crippen molar-refractivity contribution in [3.05, 3.63) is 85.2 Å². The number of allylic oxidation sites excluding steroid dienone is 3. The van der Waals surface area contributed by atoms with Gasteiger partial charge in [0.2, 0.25) is 41.4 Å². The Balaban J connectivity index is 0.00000672. The summed E-state index contributed by atoms with van der Waals surface area (Å²) in [5.74, 6) is -6.91. The van der Waals surface area contributed by atoms with Gasteiger partial charge in [-0.1, -0.05) is 41.5 Å². The number of nitrogens with two attached hydrogens (primary N) is 6. The van der Waals surface area contributed by atoms with E-state index in [2.05, 4.69) is 10.3 Å². The fourth-order valence-electron chi connectivity index (χ4n) is 16.1. The quantitative estimate of drug-likeness (QED) is 0.0478. The van der Waals surface area contributed by atoms with E-state index < -0.39 is 161 Å². The van der Waals surface area contributed by atoms with E-state index in [1.165, 1.54) is 13.3 Å². The predicted octanol–water partition coefficient (Wildman–Crippen LogP) is 3.07. The summed E-state index contributed by atoms with van der Waals surface area (Å²) in [7, 11) is -5.06. The molecule has 7 heterocycles. The number of nitrogens with one attached hydrogen (secondary N) is 1. The van der Waals surface area contributed by atoms with E-state index in [0.717, 1.165) is 11.1 Å². The molecule has 18 atom stereocenters. The summed E-state index contributed by atoms with van der Waals surface area (Å²) < 4.78 is 32.3. The number of amides is 7. The van der Waals surface area contributed by atoms with Gasteiger partial charge in [-0.2, -0.15) is 17.1 Å². The number of imidazole rings is 1. The third-order valence-electron chi connectivity index (χ3n) is 21.2. The fourth-order valence-corrected chi connectivity index (χ4v) is 17.2. The van der Waals surface area contributed by atoms with E-state index >= 15 is 0 Å². The molecular formula is C62H94CoN13O15P-4. The molecule has 6 aliphatic heterocycles. The molecule has 1 aromatic heterocycles. The second-order valence-corrected chi connectivity index (χ2v) is 29.0. The van der Waals surface area contributed by atoms with E-state index in [4.69, 9.17) is 69.5 Å². The Hall–Kier alpha value is -5.82. The van der Waals surface area contributed by atoms with Gasteiger partial charge in [-0.15, -0.1) is 46.9 Å². The zero-order valence-corrected chi connectivity index (χ0v) is 56.2. The summed E-state index contributed by atoms with van der Waals surface area (Å²) >= 11 is 0. The Bertz CT molecular complexity index is 3340. The van der Waals surface area contributed by atoms with Crippen molar-refractivity contribution in [1.29, 1.82) is 0 Å². The fraction of sp³-hybridized carbons (Fsp3) is 0.677. The zero-order chi connectivity index (χ0) is 66.7. The number of nitrogens with zero attached hydrogens (tertiary/aromatic N) is 6. The molecule has 92 heavy (non-hydrogen) atoms. The molecule has 30 heteroatoms. The number of phosphoric acid groups is 1. The molecule has 0 aliphatic carbocycles. The second kappa shape index (κ2) is 28.2. The maximum atomic E-state index is 14.4. The Morgan fingerprint density at radius 1 is 0.772 bits per heavy atom. The molecule has 3 unspecified atom stereocenters. The first kappa shape index (κ1) is 75.2. The van der Waals surface area contributed by atoms with Gasteiger partial charge in [0.05, 0.1) is 30.1 Å². The van der Waals surface area contributed by atoms with Gasteiger partial charge in [-0.25, -0.2) is 9.55 Å². The van der Waals surface area contributed by atoms with Crippen LogP contribution in [-0.4, -0.2) is 129 Å². The number of aliphatic hydroxyl groups excluding tert-OH is 2. The Labute approximate surface area is 547 Å². The largest absolute Gasteiger partial charge is 0.685 e. The summed E-state index contributed by atoms with van der Waals surface area (Å²) in [6.45, 7) is 19.5. The van der Waals surface area contributed by atoms with Crippen LogP contribution in [-0.2, 0) is 68.7 Å². The van der Waals surface area contributed by atoms with Gasteiger partial charge in [0.1, 0.15) is 18.3 Å². The van der Waals surface area contributed by atoms with Gasteiger partial charge in [-0.05, 0) is 129 Å². The molecule has 18 N–H and O–H groups in total. The number of fused-ring (bicyclic) bond motifs is 10. The first-order chi connectivity index (χ1) is 41.8. The number of ether oxygens (including phenoxy) is 1. The van der Waals surface area contributed by atoms with Crippen molar-refractivity contribution in [2.75, 3.05) is 13.2 Å². The van der Waals surface area contributed by atoms with Crippen LogP contribution in [0.1, 0.15) is 150 Å². The molecule has 2 aromatic rings. The summed E-state index contributed by atoms with van der Waals surface area (Å²) in [5, 5.41) is 46.9. The van der Waals surface area contributed by atoms with Crippen molar-refractivity contribution in [3.8, 4) is 0 Å². The second-order valence-electron chi connectivity index (χ2n) is 27.6. The third-order valence-corrected chi connectivity index (χ3v) is 22.3. The molecule has 0 saturated carbocycles. The average Bonchev–Trinajstić information content (AvgIpc) is 1.53. The number of hydrogen-bond donors (Lipinski definition) is 10. The standard InChI is InChI=1S/C62H92N13O14P.Co.H2O/c1-29-20-39-40(21-30(29)2)75(28-70-39)57-52(84)53(41(27-76)87-57)89-90(85,86)88-31(3)26-69-49(83)18-19-59(8)37(22-46(66)80)56-62(11)61(10,25-48(68)82)36(14-17-45(65)79)51(74-62)33(5)55-60(9,24-47(67)81)34(12-15-43(63)77)38(71-55)23-42-58(6,7)35(13-16-44(64)78)50(72-42)32(4)54(59)73-56;;/h20-21,23,28,31,34-37,41-42,50-53,56-57,76,84H,12-19,22,24-27H2,1-11H3,(H14,63,64,65,66,67,68,69,77,78,79,80,81,82,83,85,86);;1H2/q-4;;/b38-23-,54-32-,55-33-;;/t31-,34-,35-,36-,37+,41-,42+,50?,51?,52-,53-,56-,57+,59-,60+,61+,62+;;/m1../s1.